The number of ether oxygens (including phenoxy) is 1. The van der Waals surface area contributed by atoms with Crippen LogP contribution in [0.3, 0.4) is 0 Å². The van der Waals surface area contributed by atoms with Crippen molar-refractivity contribution >= 4 is 16.0 Å². The third kappa shape index (κ3) is 4.42. The average Bonchev–Trinajstić information content (AvgIpc) is 2.46. The number of nitrogens with zero attached hydrogens (tertiary/aromatic N) is 1. The number of esters is 1. The van der Waals surface area contributed by atoms with Gasteiger partial charge in [-0.3, -0.25) is 4.79 Å². The fourth-order valence-corrected chi connectivity index (χ4v) is 3.39. The molecule has 0 saturated carbocycles. The summed E-state index contributed by atoms with van der Waals surface area (Å²) in [6.45, 7) is 7.28. The number of allylic oxidation sites excluding steroid dienone is 1. The number of methoxy groups -OCH3 is 1. The van der Waals surface area contributed by atoms with E-state index >= 15 is 0 Å². The minimum atomic E-state index is -3.78. The van der Waals surface area contributed by atoms with E-state index < -0.39 is 22.0 Å². The first kappa shape index (κ1) is 18.4. The van der Waals surface area contributed by atoms with E-state index in [4.69, 9.17) is 0 Å². The number of sulfonamides is 1. The van der Waals surface area contributed by atoms with Gasteiger partial charge >= 0.3 is 5.97 Å². The Hall–Kier alpha value is -1.66. The molecule has 22 heavy (non-hydrogen) atoms. The predicted octanol–water partition coefficient (Wildman–Crippen LogP) is 2.51. The molecule has 0 N–H and O–H groups in total. The maximum Gasteiger partial charge on any atom is 0.323 e. The zero-order chi connectivity index (χ0) is 16.9. The molecular weight excluding hydrogens is 302 g/mol. The van der Waals surface area contributed by atoms with E-state index in [2.05, 4.69) is 4.74 Å². The molecule has 0 fully saturated rings. The van der Waals surface area contributed by atoms with Crippen LogP contribution in [0.2, 0.25) is 0 Å². The van der Waals surface area contributed by atoms with Crippen LogP contribution in [0.1, 0.15) is 26.3 Å². The van der Waals surface area contributed by atoms with Crippen molar-refractivity contribution in [3.63, 3.8) is 0 Å². The van der Waals surface area contributed by atoms with Gasteiger partial charge in [-0.15, -0.1) is 0 Å². The van der Waals surface area contributed by atoms with E-state index in [1.165, 1.54) is 14.0 Å². The second kappa shape index (κ2) is 7.56. The smallest absolute Gasteiger partial charge is 0.323 e. The number of hydrogen-bond donors (Lipinski definition) is 0. The van der Waals surface area contributed by atoms with Crippen LogP contribution in [0.4, 0.5) is 0 Å². The van der Waals surface area contributed by atoms with Crippen molar-refractivity contribution in [3.8, 4) is 0 Å². The summed E-state index contributed by atoms with van der Waals surface area (Å²) in [5.74, 6) is -0.585. The normalized spacial score (nSPS) is 12.8. The van der Waals surface area contributed by atoms with Crippen molar-refractivity contribution in [2.45, 2.75) is 38.6 Å². The molecular formula is C16H23NO4S. The minimum Gasteiger partial charge on any atom is -0.468 e. The van der Waals surface area contributed by atoms with Gasteiger partial charge in [-0.1, -0.05) is 29.3 Å². The third-order valence-corrected chi connectivity index (χ3v) is 5.23. The first-order valence-electron chi connectivity index (χ1n) is 7.00. The van der Waals surface area contributed by atoms with Crippen LogP contribution in [-0.4, -0.2) is 38.4 Å². The van der Waals surface area contributed by atoms with Crippen molar-refractivity contribution in [2.24, 2.45) is 0 Å². The summed E-state index contributed by atoms with van der Waals surface area (Å²) in [5.41, 5.74) is 1.94. The standard InChI is InChI=1S/C16H23NO4S/c1-12(2)10-11-17(14(4)16(18)21-5)22(19,20)15-8-6-13(3)7-9-15/h6-10,14H,11H2,1-5H3. The number of rotatable bonds is 6. The molecule has 0 heterocycles. The summed E-state index contributed by atoms with van der Waals surface area (Å²) in [6, 6.07) is 5.66. The molecule has 0 aliphatic carbocycles. The molecule has 1 atom stereocenters. The molecule has 0 aliphatic rings. The highest BCUT2D eigenvalue weighted by molar-refractivity contribution is 7.89. The van der Waals surface area contributed by atoms with Gasteiger partial charge in [-0.25, -0.2) is 8.42 Å². The fraction of sp³-hybridized carbons (Fsp3) is 0.438. The molecule has 1 aromatic rings. The maximum absolute atomic E-state index is 12.8. The molecule has 1 aromatic carbocycles. The second-order valence-corrected chi connectivity index (χ2v) is 7.26. The van der Waals surface area contributed by atoms with Crippen molar-refractivity contribution in [1.82, 2.24) is 4.31 Å². The van der Waals surface area contributed by atoms with Crippen LogP contribution in [0, 0.1) is 6.92 Å². The van der Waals surface area contributed by atoms with Gasteiger partial charge in [0.2, 0.25) is 10.0 Å². The molecule has 0 spiro atoms. The quantitative estimate of drug-likeness (QED) is 0.595. The molecule has 122 valence electrons. The van der Waals surface area contributed by atoms with E-state index in [9.17, 15) is 13.2 Å². The van der Waals surface area contributed by atoms with Crippen LogP contribution >= 0.6 is 0 Å². The lowest BCUT2D eigenvalue weighted by atomic mass is 10.2. The SMILES string of the molecule is COC(=O)C(C)N(CC=C(C)C)S(=O)(=O)c1ccc(C)cc1. The molecule has 0 aromatic heterocycles. The van der Waals surface area contributed by atoms with Crippen molar-refractivity contribution in [3.05, 3.63) is 41.5 Å². The van der Waals surface area contributed by atoms with Gasteiger partial charge in [-0.05, 0) is 39.8 Å². The third-order valence-electron chi connectivity index (χ3n) is 3.28. The molecule has 1 unspecified atom stereocenters. The molecule has 0 bridgehead atoms. The lowest BCUT2D eigenvalue weighted by Crippen LogP contribution is -2.43. The van der Waals surface area contributed by atoms with Gasteiger partial charge in [0, 0.05) is 6.54 Å². The molecule has 6 heteroatoms. The monoisotopic (exact) mass is 325 g/mol. The molecule has 0 radical (unpaired) electrons. The maximum atomic E-state index is 12.8. The molecule has 0 saturated heterocycles. The Labute approximate surface area is 132 Å². The van der Waals surface area contributed by atoms with Crippen LogP contribution in [0.25, 0.3) is 0 Å². The van der Waals surface area contributed by atoms with E-state index in [1.807, 2.05) is 20.8 Å². The summed E-state index contributed by atoms with van der Waals surface area (Å²) in [7, 11) is -2.53. The number of aryl methyl sites for hydroxylation is 1. The second-order valence-electron chi connectivity index (χ2n) is 5.37. The Morgan fingerprint density at radius 2 is 1.82 bits per heavy atom. The van der Waals surface area contributed by atoms with E-state index in [1.54, 1.807) is 30.3 Å². The van der Waals surface area contributed by atoms with Gasteiger partial charge in [0.25, 0.3) is 0 Å². The Morgan fingerprint density at radius 3 is 2.27 bits per heavy atom. The lowest BCUT2D eigenvalue weighted by Gasteiger charge is -2.25. The van der Waals surface area contributed by atoms with Crippen LogP contribution in [-0.2, 0) is 19.6 Å². The predicted molar refractivity (Wildman–Crippen MR) is 86.0 cm³/mol. The fourth-order valence-electron chi connectivity index (χ4n) is 1.87. The Bertz CT molecular complexity index is 643. The Kier molecular flexibility index (Phi) is 6.32. The first-order chi connectivity index (χ1) is 10.2. The highest BCUT2D eigenvalue weighted by atomic mass is 32.2. The van der Waals surface area contributed by atoms with Gasteiger partial charge in [0.1, 0.15) is 6.04 Å². The largest absolute Gasteiger partial charge is 0.468 e. The van der Waals surface area contributed by atoms with E-state index in [-0.39, 0.29) is 11.4 Å². The Balaban J connectivity index is 3.26. The Morgan fingerprint density at radius 1 is 1.27 bits per heavy atom. The molecule has 5 nitrogen and oxygen atoms in total. The van der Waals surface area contributed by atoms with Crippen LogP contribution in [0.15, 0.2) is 40.8 Å². The summed E-state index contributed by atoms with van der Waals surface area (Å²) < 4.78 is 31.4. The summed E-state index contributed by atoms with van der Waals surface area (Å²) in [5, 5.41) is 0. The zero-order valence-electron chi connectivity index (χ0n) is 13.7. The topological polar surface area (TPSA) is 63.7 Å². The highest BCUT2D eigenvalue weighted by Gasteiger charge is 2.32. The van der Waals surface area contributed by atoms with Crippen molar-refractivity contribution < 1.29 is 17.9 Å². The minimum absolute atomic E-state index is 0.120. The van der Waals surface area contributed by atoms with Crippen LogP contribution in [0.5, 0.6) is 0 Å². The van der Waals surface area contributed by atoms with E-state index in [0.29, 0.717) is 0 Å². The van der Waals surface area contributed by atoms with Crippen molar-refractivity contribution in [2.75, 3.05) is 13.7 Å². The van der Waals surface area contributed by atoms with Gasteiger partial charge in [0.15, 0.2) is 0 Å². The van der Waals surface area contributed by atoms with Crippen LogP contribution < -0.4 is 0 Å². The lowest BCUT2D eigenvalue weighted by molar-refractivity contribution is -0.144. The summed E-state index contributed by atoms with van der Waals surface area (Å²) >= 11 is 0. The molecule has 0 amide bonds. The molecule has 1 rings (SSSR count). The van der Waals surface area contributed by atoms with Gasteiger partial charge in [0.05, 0.1) is 12.0 Å². The van der Waals surface area contributed by atoms with Crippen molar-refractivity contribution in [1.29, 1.82) is 0 Å². The first-order valence-corrected chi connectivity index (χ1v) is 8.44. The summed E-state index contributed by atoms with van der Waals surface area (Å²) in [4.78, 5) is 11.9. The average molecular weight is 325 g/mol. The van der Waals surface area contributed by atoms with E-state index in [0.717, 1.165) is 15.4 Å². The highest BCUT2D eigenvalue weighted by Crippen LogP contribution is 2.19. The number of carbonyl (C=O) groups is 1. The zero-order valence-corrected chi connectivity index (χ0v) is 14.5. The van der Waals surface area contributed by atoms with Gasteiger partial charge in [-0.2, -0.15) is 4.31 Å². The molecule has 0 aliphatic heterocycles. The van der Waals surface area contributed by atoms with Gasteiger partial charge < -0.3 is 4.74 Å². The number of carbonyl (C=O) groups excluding carboxylic acids is 1. The summed E-state index contributed by atoms with van der Waals surface area (Å²) in [6.07, 6.45) is 1.77. The number of benzene rings is 1. The number of hydrogen-bond acceptors (Lipinski definition) is 4.